The van der Waals surface area contributed by atoms with Crippen LogP contribution in [0.2, 0.25) is 0 Å². The average Bonchev–Trinajstić information content (AvgIpc) is 3.06. The van der Waals surface area contributed by atoms with Gasteiger partial charge in [0.1, 0.15) is 11.5 Å². The lowest BCUT2D eigenvalue weighted by Crippen LogP contribution is -2.41. The second-order valence-electron chi connectivity index (χ2n) is 5.93. The molecule has 0 unspecified atom stereocenters. The summed E-state index contributed by atoms with van der Waals surface area (Å²) >= 11 is 1.57. The first-order valence-electron chi connectivity index (χ1n) is 7.37. The van der Waals surface area contributed by atoms with Crippen molar-refractivity contribution in [3.63, 3.8) is 0 Å². The summed E-state index contributed by atoms with van der Waals surface area (Å²) in [5, 5.41) is 5.99. The van der Waals surface area contributed by atoms with Crippen molar-refractivity contribution >= 4 is 17.2 Å². The molecule has 0 spiro atoms. The number of hydrogen-bond donors (Lipinski definition) is 1. The Bertz CT molecular complexity index is 631. The molecule has 2 aromatic heterocycles. The fraction of sp³-hybridized carbons (Fsp3) is 0.533. The van der Waals surface area contributed by atoms with Crippen molar-refractivity contribution in [1.82, 2.24) is 19.9 Å². The number of hydrogen-bond acceptors (Lipinski definition) is 4. The monoisotopic (exact) mass is 304 g/mol. The van der Waals surface area contributed by atoms with Gasteiger partial charge in [-0.15, -0.1) is 11.3 Å². The zero-order valence-corrected chi connectivity index (χ0v) is 13.2. The van der Waals surface area contributed by atoms with Gasteiger partial charge < -0.3 is 9.88 Å². The summed E-state index contributed by atoms with van der Waals surface area (Å²) in [5.41, 5.74) is 0.548. The number of nitrogens with zero attached hydrogens (tertiary/aromatic N) is 3. The number of rotatable bonds is 4. The lowest BCUT2D eigenvalue weighted by Gasteiger charge is -2.24. The molecule has 0 radical (unpaired) electrons. The normalized spacial score (nSPS) is 17.8. The van der Waals surface area contributed by atoms with Crippen LogP contribution in [-0.4, -0.2) is 26.5 Å². The van der Waals surface area contributed by atoms with Crippen molar-refractivity contribution in [1.29, 1.82) is 0 Å². The van der Waals surface area contributed by atoms with Crippen molar-refractivity contribution in [2.45, 2.75) is 45.7 Å². The van der Waals surface area contributed by atoms with Gasteiger partial charge in [-0.1, -0.05) is 13.8 Å². The zero-order chi connectivity index (χ0) is 14.8. The molecule has 1 aliphatic rings. The first-order chi connectivity index (χ1) is 10.1. The summed E-state index contributed by atoms with van der Waals surface area (Å²) in [6.45, 7) is 5.11. The van der Waals surface area contributed by atoms with E-state index >= 15 is 0 Å². The van der Waals surface area contributed by atoms with Crippen LogP contribution in [0.4, 0.5) is 0 Å². The maximum atomic E-state index is 12.3. The van der Waals surface area contributed by atoms with E-state index in [4.69, 9.17) is 0 Å². The number of aryl methyl sites for hydroxylation is 1. The Balaban J connectivity index is 1.60. The number of carbonyl (C=O) groups is 1. The fourth-order valence-electron chi connectivity index (χ4n) is 2.60. The van der Waals surface area contributed by atoms with Gasteiger partial charge in [-0.3, -0.25) is 4.79 Å². The molecule has 0 aliphatic carbocycles. The third-order valence-corrected chi connectivity index (χ3v) is 4.51. The summed E-state index contributed by atoms with van der Waals surface area (Å²) < 4.78 is 2.11. The Morgan fingerprint density at radius 3 is 3.24 bits per heavy atom. The number of aromatic nitrogens is 3. The molecule has 0 aromatic carbocycles. The summed E-state index contributed by atoms with van der Waals surface area (Å²) in [5.74, 6) is 1.60. The van der Waals surface area contributed by atoms with E-state index in [1.165, 1.54) is 0 Å². The Morgan fingerprint density at radius 2 is 2.43 bits per heavy atom. The fourth-order valence-corrected chi connectivity index (χ4v) is 3.59. The van der Waals surface area contributed by atoms with E-state index in [1.54, 1.807) is 11.3 Å². The molecule has 3 heterocycles. The third kappa shape index (κ3) is 3.32. The van der Waals surface area contributed by atoms with Crippen LogP contribution in [0, 0.1) is 5.92 Å². The molecule has 0 bridgehead atoms. The van der Waals surface area contributed by atoms with Crippen LogP contribution in [0.1, 0.15) is 41.6 Å². The Morgan fingerprint density at radius 1 is 1.57 bits per heavy atom. The van der Waals surface area contributed by atoms with Crippen LogP contribution in [0.25, 0.3) is 0 Å². The zero-order valence-electron chi connectivity index (χ0n) is 12.4. The molecule has 0 saturated carbocycles. The number of carbonyl (C=O) groups excluding carboxylic acids is 1. The molecule has 0 saturated heterocycles. The second-order valence-corrected chi connectivity index (χ2v) is 6.87. The molecule has 1 atom stereocenters. The first-order valence-corrected chi connectivity index (χ1v) is 8.25. The maximum Gasteiger partial charge on any atom is 0.271 e. The van der Waals surface area contributed by atoms with Gasteiger partial charge in [0, 0.05) is 43.2 Å². The average molecular weight is 304 g/mol. The predicted octanol–water partition coefficient (Wildman–Crippen LogP) is 2.28. The Kier molecular flexibility index (Phi) is 4.05. The van der Waals surface area contributed by atoms with Gasteiger partial charge in [-0.25, -0.2) is 9.97 Å². The van der Waals surface area contributed by atoms with Gasteiger partial charge in [0.25, 0.3) is 5.91 Å². The van der Waals surface area contributed by atoms with Crippen LogP contribution in [-0.2, 0) is 19.4 Å². The minimum Gasteiger partial charge on any atom is -0.346 e. The summed E-state index contributed by atoms with van der Waals surface area (Å²) in [7, 11) is 0. The predicted molar refractivity (Wildman–Crippen MR) is 82.5 cm³/mol. The quantitative estimate of drug-likeness (QED) is 0.942. The molecule has 1 aliphatic heterocycles. The van der Waals surface area contributed by atoms with Gasteiger partial charge in [-0.2, -0.15) is 0 Å². The van der Waals surface area contributed by atoms with Crippen molar-refractivity contribution in [2.24, 2.45) is 5.92 Å². The van der Waals surface area contributed by atoms with Crippen LogP contribution in [0.15, 0.2) is 17.8 Å². The number of imidazole rings is 1. The van der Waals surface area contributed by atoms with Crippen LogP contribution in [0.5, 0.6) is 0 Å². The highest BCUT2D eigenvalue weighted by molar-refractivity contribution is 7.09. The molecular weight excluding hydrogens is 284 g/mol. The number of thiazole rings is 1. The molecule has 21 heavy (non-hydrogen) atoms. The molecule has 2 aromatic rings. The maximum absolute atomic E-state index is 12.3. The molecule has 1 N–H and O–H groups in total. The van der Waals surface area contributed by atoms with Gasteiger partial charge in [0.15, 0.2) is 0 Å². The van der Waals surface area contributed by atoms with Crippen LogP contribution >= 0.6 is 11.3 Å². The Hall–Kier alpha value is -1.69. The third-order valence-electron chi connectivity index (χ3n) is 3.64. The van der Waals surface area contributed by atoms with E-state index in [0.717, 1.165) is 36.6 Å². The summed E-state index contributed by atoms with van der Waals surface area (Å²) in [6.07, 6.45) is 6.56. The number of fused-ring (bicyclic) bond motifs is 1. The molecule has 3 rings (SSSR count). The SMILES string of the molecule is CC(C)Cc1nc(C(=O)N[C@H]2CCc3nccn3C2)cs1. The first kappa shape index (κ1) is 14.3. The van der Waals surface area contributed by atoms with E-state index in [0.29, 0.717) is 11.6 Å². The largest absolute Gasteiger partial charge is 0.346 e. The van der Waals surface area contributed by atoms with E-state index < -0.39 is 0 Å². The van der Waals surface area contributed by atoms with Gasteiger partial charge in [0.05, 0.1) is 5.01 Å². The van der Waals surface area contributed by atoms with Crippen molar-refractivity contribution in [3.8, 4) is 0 Å². The molecule has 112 valence electrons. The number of nitrogens with one attached hydrogen (secondary N) is 1. The lowest BCUT2D eigenvalue weighted by atomic mass is 10.1. The lowest BCUT2D eigenvalue weighted by molar-refractivity contribution is 0.0923. The van der Waals surface area contributed by atoms with E-state index in [1.807, 2.05) is 17.8 Å². The minimum atomic E-state index is -0.0604. The Labute approximate surface area is 128 Å². The second kappa shape index (κ2) is 5.97. The van der Waals surface area contributed by atoms with Gasteiger partial charge in [-0.05, 0) is 12.3 Å². The van der Waals surface area contributed by atoms with Crippen LogP contribution in [0.3, 0.4) is 0 Å². The molecule has 5 nitrogen and oxygen atoms in total. The molecule has 1 amide bonds. The van der Waals surface area contributed by atoms with Crippen LogP contribution < -0.4 is 5.32 Å². The standard InChI is InChI=1S/C15H20N4OS/c1-10(2)7-14-18-12(9-21-14)15(20)17-11-3-4-13-16-5-6-19(13)8-11/h5-6,9-11H,3-4,7-8H2,1-2H3,(H,17,20)/t11-/m0/s1. The molecule has 6 heteroatoms. The van der Waals surface area contributed by atoms with Crippen molar-refractivity contribution in [2.75, 3.05) is 0 Å². The minimum absolute atomic E-state index is 0.0604. The van der Waals surface area contributed by atoms with Crippen molar-refractivity contribution < 1.29 is 4.79 Å². The summed E-state index contributed by atoms with van der Waals surface area (Å²) in [6, 6.07) is 0.162. The molecule has 0 fully saturated rings. The molecular formula is C15H20N4OS. The smallest absolute Gasteiger partial charge is 0.271 e. The topological polar surface area (TPSA) is 59.8 Å². The van der Waals surface area contributed by atoms with E-state index in [9.17, 15) is 4.79 Å². The highest BCUT2D eigenvalue weighted by Crippen LogP contribution is 2.16. The van der Waals surface area contributed by atoms with Gasteiger partial charge >= 0.3 is 0 Å². The highest BCUT2D eigenvalue weighted by atomic mass is 32.1. The highest BCUT2D eigenvalue weighted by Gasteiger charge is 2.21. The van der Waals surface area contributed by atoms with E-state index in [-0.39, 0.29) is 11.9 Å². The summed E-state index contributed by atoms with van der Waals surface area (Å²) in [4.78, 5) is 21.0. The number of amides is 1. The van der Waals surface area contributed by atoms with Gasteiger partial charge in [0.2, 0.25) is 0 Å². The van der Waals surface area contributed by atoms with E-state index in [2.05, 4.69) is 33.7 Å². The van der Waals surface area contributed by atoms with Crippen molar-refractivity contribution in [3.05, 3.63) is 34.3 Å².